The molecule has 0 radical (unpaired) electrons. The molecule has 5 N–H and O–H groups in total. The zero-order chi connectivity index (χ0) is 27.1. The lowest BCUT2D eigenvalue weighted by molar-refractivity contribution is 0.398. The second-order valence-electron chi connectivity index (χ2n) is 8.15. The van der Waals surface area contributed by atoms with Crippen molar-refractivity contribution in [2.75, 3.05) is 25.5 Å². The zero-order valence-corrected chi connectivity index (χ0v) is 23.1. The highest BCUT2D eigenvalue weighted by atomic mass is 32.2. The maximum Gasteiger partial charge on any atom is 0.235 e. The van der Waals surface area contributed by atoms with E-state index in [2.05, 4.69) is 15.4 Å². The third-order valence-electron chi connectivity index (χ3n) is 5.37. The van der Waals surface area contributed by atoms with E-state index in [0.717, 1.165) is 28.1 Å². The smallest absolute Gasteiger partial charge is 0.235 e. The Labute approximate surface area is 233 Å². The summed E-state index contributed by atoms with van der Waals surface area (Å²) < 4.78 is 28.1. The Morgan fingerprint density at radius 3 is 2.61 bits per heavy atom. The van der Waals surface area contributed by atoms with Gasteiger partial charge in [0.15, 0.2) is 16.6 Å². The van der Waals surface area contributed by atoms with Crippen LogP contribution in [0.5, 0.6) is 28.7 Å². The maximum absolute atomic E-state index is 13.1. The molecule has 0 aliphatic rings. The van der Waals surface area contributed by atoms with Crippen molar-refractivity contribution < 1.29 is 24.2 Å². The summed E-state index contributed by atoms with van der Waals surface area (Å²) >= 11 is 5.26. The first kappa shape index (κ1) is 27.6. The fraction of sp³-hybridized carbons (Fsp3) is 0.148. The van der Waals surface area contributed by atoms with Crippen LogP contribution in [-0.4, -0.2) is 40.1 Å². The predicted molar refractivity (Wildman–Crippen MR) is 156 cm³/mol. The highest BCUT2D eigenvalue weighted by molar-refractivity contribution is 7.91. The van der Waals surface area contributed by atoms with Gasteiger partial charge in [0.2, 0.25) is 4.21 Å². The molecule has 0 spiro atoms. The molecule has 0 amide bonds. The summed E-state index contributed by atoms with van der Waals surface area (Å²) in [4.78, 5) is 0. The SMILES string of the molecule is COc1cccc(NC(=S)NCCN[S+]([O-])c2sccc2-c2ccc(C)cc2Oc2ccc(O)c(O)c2)c1. The molecule has 1 atom stereocenters. The number of aromatic hydroxyl groups is 2. The standard InChI is InChI=1S/C27H27N3O5S3/c1-17-6-8-21(25(14-17)35-20-7-9-23(31)24(32)16-20)22-10-13-37-26(22)38(33)29-12-11-28-27(36)30-18-4-3-5-19(15-18)34-2/h3-10,13-16,29,31-32H,11-12H2,1-2H3,(H2,28,30,36). The number of hydrogen-bond donors (Lipinski definition) is 5. The van der Waals surface area contributed by atoms with Crippen LogP contribution < -0.4 is 24.8 Å². The summed E-state index contributed by atoms with van der Waals surface area (Å²) in [7, 11) is 1.61. The number of methoxy groups -OCH3 is 1. The van der Waals surface area contributed by atoms with Crippen molar-refractivity contribution in [3.63, 3.8) is 0 Å². The molecule has 8 nitrogen and oxygen atoms in total. The molecule has 0 aliphatic heterocycles. The van der Waals surface area contributed by atoms with Gasteiger partial charge < -0.3 is 34.9 Å². The van der Waals surface area contributed by atoms with Crippen molar-refractivity contribution in [3.8, 4) is 39.9 Å². The lowest BCUT2D eigenvalue weighted by Gasteiger charge is -2.15. The second-order valence-corrected chi connectivity index (χ2v) is 11.0. The van der Waals surface area contributed by atoms with Crippen LogP contribution in [-0.2, 0) is 11.4 Å². The summed E-state index contributed by atoms with van der Waals surface area (Å²) in [6, 6.07) is 19.4. The van der Waals surface area contributed by atoms with E-state index in [9.17, 15) is 14.8 Å². The van der Waals surface area contributed by atoms with Crippen LogP contribution in [0, 0.1) is 6.92 Å². The number of phenols is 2. The summed E-state index contributed by atoms with van der Waals surface area (Å²) in [5.41, 5.74) is 3.32. The molecule has 198 valence electrons. The molecule has 0 aliphatic carbocycles. The molecule has 0 fully saturated rings. The van der Waals surface area contributed by atoms with Gasteiger partial charge >= 0.3 is 0 Å². The number of thiocarbonyl (C=S) groups is 1. The zero-order valence-electron chi connectivity index (χ0n) is 20.7. The topological polar surface area (TPSA) is 118 Å². The first-order valence-corrected chi connectivity index (χ1v) is 14.0. The van der Waals surface area contributed by atoms with Gasteiger partial charge in [-0.15, -0.1) is 4.72 Å². The molecule has 38 heavy (non-hydrogen) atoms. The van der Waals surface area contributed by atoms with E-state index in [1.165, 1.54) is 23.5 Å². The molecule has 11 heteroatoms. The van der Waals surface area contributed by atoms with Gasteiger partial charge in [-0.05, 0) is 66.5 Å². The van der Waals surface area contributed by atoms with E-state index in [-0.39, 0.29) is 11.5 Å². The third kappa shape index (κ3) is 7.09. The quantitative estimate of drug-likeness (QED) is 0.0727. The van der Waals surface area contributed by atoms with Crippen molar-refractivity contribution in [1.82, 2.24) is 10.0 Å². The lowest BCUT2D eigenvalue weighted by atomic mass is 10.1. The molecule has 0 saturated carbocycles. The number of nitrogens with one attached hydrogen (secondary N) is 3. The summed E-state index contributed by atoms with van der Waals surface area (Å²) in [5.74, 6) is 1.14. The molecule has 1 heterocycles. The number of thiophene rings is 1. The second kappa shape index (κ2) is 12.9. The number of rotatable bonds is 10. The molecule has 3 aromatic carbocycles. The van der Waals surface area contributed by atoms with E-state index in [1.54, 1.807) is 13.2 Å². The van der Waals surface area contributed by atoms with Gasteiger partial charge in [0, 0.05) is 29.9 Å². The highest BCUT2D eigenvalue weighted by Crippen LogP contribution is 2.40. The fourth-order valence-electron chi connectivity index (χ4n) is 3.53. The van der Waals surface area contributed by atoms with Crippen LogP contribution in [0.1, 0.15) is 5.56 Å². The number of anilines is 1. The van der Waals surface area contributed by atoms with Crippen molar-refractivity contribution >= 4 is 45.7 Å². The average molecular weight is 570 g/mol. The Morgan fingerprint density at radius 2 is 1.82 bits per heavy atom. The Hall–Kier alpha value is -3.48. The molecule has 0 bridgehead atoms. The van der Waals surface area contributed by atoms with Gasteiger partial charge in [-0.3, -0.25) is 0 Å². The van der Waals surface area contributed by atoms with E-state index >= 15 is 0 Å². The summed E-state index contributed by atoms with van der Waals surface area (Å²) in [6.07, 6.45) is 0. The van der Waals surface area contributed by atoms with E-state index in [4.69, 9.17) is 21.7 Å². The lowest BCUT2D eigenvalue weighted by Crippen LogP contribution is -2.36. The number of ether oxygens (including phenoxy) is 2. The number of benzene rings is 3. The minimum absolute atomic E-state index is 0.227. The Kier molecular flexibility index (Phi) is 9.32. The van der Waals surface area contributed by atoms with Crippen LogP contribution in [0.2, 0.25) is 0 Å². The monoisotopic (exact) mass is 569 g/mol. The third-order valence-corrected chi connectivity index (χ3v) is 8.09. The van der Waals surface area contributed by atoms with Crippen molar-refractivity contribution in [1.29, 1.82) is 0 Å². The Morgan fingerprint density at radius 1 is 0.974 bits per heavy atom. The maximum atomic E-state index is 13.1. The minimum Gasteiger partial charge on any atom is -0.592 e. The molecular formula is C27H27N3O5S3. The highest BCUT2D eigenvalue weighted by Gasteiger charge is 2.22. The van der Waals surface area contributed by atoms with Crippen molar-refractivity contribution in [3.05, 3.63) is 77.7 Å². The van der Waals surface area contributed by atoms with E-state index < -0.39 is 11.4 Å². The van der Waals surface area contributed by atoms with Crippen LogP contribution in [0.4, 0.5) is 5.69 Å². The van der Waals surface area contributed by atoms with Gasteiger partial charge in [-0.2, -0.15) is 0 Å². The van der Waals surface area contributed by atoms with E-state index in [1.807, 2.05) is 60.8 Å². The first-order chi connectivity index (χ1) is 18.3. The van der Waals surface area contributed by atoms with Gasteiger partial charge in [0.05, 0.1) is 30.6 Å². The largest absolute Gasteiger partial charge is 0.592 e. The van der Waals surface area contributed by atoms with Gasteiger partial charge in [0.1, 0.15) is 17.2 Å². The van der Waals surface area contributed by atoms with Crippen LogP contribution in [0.15, 0.2) is 76.3 Å². The van der Waals surface area contributed by atoms with E-state index in [0.29, 0.717) is 33.9 Å². The Bertz CT molecular complexity index is 1410. The molecule has 4 rings (SSSR count). The number of aryl methyl sites for hydroxylation is 1. The fourth-order valence-corrected chi connectivity index (χ4v) is 5.87. The van der Waals surface area contributed by atoms with Crippen LogP contribution >= 0.6 is 23.6 Å². The molecular weight excluding hydrogens is 543 g/mol. The molecule has 1 unspecified atom stereocenters. The van der Waals surface area contributed by atoms with Gasteiger partial charge in [0.25, 0.3) is 0 Å². The molecule has 1 aromatic heterocycles. The summed E-state index contributed by atoms with van der Waals surface area (Å²) in [5, 5.41) is 28.0. The minimum atomic E-state index is -1.47. The van der Waals surface area contributed by atoms with Gasteiger partial charge in [-0.25, -0.2) is 0 Å². The van der Waals surface area contributed by atoms with Crippen molar-refractivity contribution in [2.45, 2.75) is 11.1 Å². The predicted octanol–water partition coefficient (Wildman–Crippen LogP) is 5.53. The number of phenolic OH excluding ortho intramolecular Hbond substituents is 2. The van der Waals surface area contributed by atoms with Crippen LogP contribution in [0.25, 0.3) is 11.1 Å². The average Bonchev–Trinajstić information content (AvgIpc) is 3.39. The molecule has 4 aromatic rings. The normalized spacial score (nSPS) is 11.6. The van der Waals surface area contributed by atoms with Crippen molar-refractivity contribution in [2.24, 2.45) is 0 Å². The molecule has 0 saturated heterocycles. The Balaban J connectivity index is 1.38. The number of hydrogen-bond acceptors (Lipinski definition) is 8. The first-order valence-electron chi connectivity index (χ1n) is 11.6. The van der Waals surface area contributed by atoms with Crippen LogP contribution in [0.3, 0.4) is 0 Å². The summed E-state index contributed by atoms with van der Waals surface area (Å²) in [6.45, 7) is 2.82. The van der Waals surface area contributed by atoms with Gasteiger partial charge in [-0.1, -0.05) is 29.5 Å².